The van der Waals surface area contributed by atoms with Crippen molar-refractivity contribution in [2.75, 3.05) is 14.2 Å². The Labute approximate surface area is 130 Å². The van der Waals surface area contributed by atoms with Gasteiger partial charge in [0, 0.05) is 15.4 Å². The van der Waals surface area contributed by atoms with Crippen molar-refractivity contribution in [2.45, 2.75) is 0 Å². The van der Waals surface area contributed by atoms with E-state index in [1.165, 1.54) is 7.11 Å². The summed E-state index contributed by atoms with van der Waals surface area (Å²) in [4.78, 5) is 0. The van der Waals surface area contributed by atoms with Crippen LogP contribution in [0.15, 0.2) is 45.3 Å². The number of aromatic hydroxyl groups is 1. The lowest BCUT2D eigenvalue weighted by atomic mass is 10.1. The molecule has 0 saturated heterocycles. The van der Waals surface area contributed by atoms with E-state index in [1.807, 2.05) is 18.2 Å². The first-order valence-electron chi connectivity index (χ1n) is 6.27. The number of phenolic OH excluding ortho intramolecular Hbond substituents is 1. The summed E-state index contributed by atoms with van der Waals surface area (Å²) in [5, 5.41) is 10.6. The molecule has 0 saturated carbocycles. The van der Waals surface area contributed by atoms with Crippen molar-refractivity contribution in [3.63, 3.8) is 0 Å². The molecule has 108 valence electrons. The lowest BCUT2D eigenvalue weighted by molar-refractivity contribution is 0.373. The van der Waals surface area contributed by atoms with E-state index in [-0.39, 0.29) is 5.75 Å². The smallest absolute Gasteiger partial charge is 0.176 e. The first kappa shape index (κ1) is 13.8. The molecular weight excluding hydrogens is 336 g/mol. The Morgan fingerprint density at radius 1 is 1.00 bits per heavy atom. The van der Waals surface area contributed by atoms with Gasteiger partial charge in [0.15, 0.2) is 22.8 Å². The van der Waals surface area contributed by atoms with E-state index >= 15 is 0 Å². The van der Waals surface area contributed by atoms with E-state index in [0.29, 0.717) is 22.8 Å². The zero-order valence-corrected chi connectivity index (χ0v) is 13.1. The molecule has 0 spiro atoms. The van der Waals surface area contributed by atoms with Gasteiger partial charge in [0.05, 0.1) is 14.2 Å². The predicted molar refractivity (Wildman–Crippen MR) is 84.1 cm³/mol. The molecule has 5 heteroatoms. The monoisotopic (exact) mass is 348 g/mol. The number of ether oxygens (including phenoxy) is 2. The summed E-state index contributed by atoms with van der Waals surface area (Å²) in [5.74, 6) is 1.84. The summed E-state index contributed by atoms with van der Waals surface area (Å²) in [6.07, 6.45) is 0. The molecule has 0 radical (unpaired) electrons. The Balaban J connectivity index is 2.17. The van der Waals surface area contributed by atoms with Crippen LogP contribution in [0.3, 0.4) is 0 Å². The third-order valence-electron chi connectivity index (χ3n) is 3.23. The first-order valence-corrected chi connectivity index (χ1v) is 7.06. The van der Waals surface area contributed by atoms with Crippen LogP contribution in [0.1, 0.15) is 0 Å². The van der Waals surface area contributed by atoms with Crippen molar-refractivity contribution in [1.29, 1.82) is 0 Å². The third kappa shape index (κ3) is 2.45. The average Bonchev–Trinajstić information content (AvgIpc) is 2.90. The topological polar surface area (TPSA) is 51.8 Å². The molecule has 0 fully saturated rings. The maximum absolute atomic E-state index is 9.66. The Hall–Kier alpha value is -2.14. The van der Waals surface area contributed by atoms with Gasteiger partial charge in [0.2, 0.25) is 0 Å². The minimum absolute atomic E-state index is 0.0951. The lowest BCUT2D eigenvalue weighted by Gasteiger charge is -2.04. The highest BCUT2D eigenvalue weighted by Gasteiger charge is 2.13. The van der Waals surface area contributed by atoms with Gasteiger partial charge in [-0.25, -0.2) is 0 Å². The minimum atomic E-state index is 0.0951. The van der Waals surface area contributed by atoms with Crippen LogP contribution in [0.5, 0.6) is 17.2 Å². The van der Waals surface area contributed by atoms with Crippen molar-refractivity contribution in [1.82, 2.24) is 0 Å². The molecule has 0 unspecified atom stereocenters. The number of benzene rings is 2. The van der Waals surface area contributed by atoms with Crippen LogP contribution in [-0.2, 0) is 0 Å². The average molecular weight is 349 g/mol. The largest absolute Gasteiger partial charge is 0.504 e. The van der Waals surface area contributed by atoms with Crippen LogP contribution in [0.25, 0.3) is 22.3 Å². The van der Waals surface area contributed by atoms with Crippen LogP contribution in [0.2, 0.25) is 0 Å². The molecule has 0 amide bonds. The van der Waals surface area contributed by atoms with Crippen molar-refractivity contribution >= 4 is 26.9 Å². The number of rotatable bonds is 3. The van der Waals surface area contributed by atoms with Crippen LogP contribution in [0, 0.1) is 0 Å². The molecule has 0 aliphatic heterocycles. The quantitative estimate of drug-likeness (QED) is 0.752. The van der Waals surface area contributed by atoms with E-state index in [1.54, 1.807) is 25.3 Å². The highest BCUT2D eigenvalue weighted by atomic mass is 79.9. The van der Waals surface area contributed by atoms with Crippen molar-refractivity contribution in [3.05, 3.63) is 40.9 Å². The minimum Gasteiger partial charge on any atom is -0.504 e. The number of furan rings is 1. The van der Waals surface area contributed by atoms with Gasteiger partial charge in [-0.3, -0.25) is 0 Å². The fraction of sp³-hybridized carbons (Fsp3) is 0.125. The van der Waals surface area contributed by atoms with E-state index in [2.05, 4.69) is 15.9 Å². The molecule has 4 nitrogen and oxygen atoms in total. The summed E-state index contributed by atoms with van der Waals surface area (Å²) >= 11 is 3.45. The molecule has 3 rings (SSSR count). The maximum atomic E-state index is 9.66. The van der Waals surface area contributed by atoms with Gasteiger partial charge >= 0.3 is 0 Å². The third-order valence-corrected chi connectivity index (χ3v) is 3.69. The molecule has 0 bridgehead atoms. The second kappa shape index (κ2) is 5.33. The van der Waals surface area contributed by atoms with Gasteiger partial charge in [-0.15, -0.1) is 0 Å². The SMILES string of the molecule is COc1cc(-c2cc3cc(Br)cc(OC)c3o2)ccc1O. The van der Waals surface area contributed by atoms with Crippen LogP contribution >= 0.6 is 15.9 Å². The summed E-state index contributed by atoms with van der Waals surface area (Å²) in [7, 11) is 3.12. The van der Waals surface area contributed by atoms with Gasteiger partial charge in [0.25, 0.3) is 0 Å². The van der Waals surface area contributed by atoms with Crippen LogP contribution in [-0.4, -0.2) is 19.3 Å². The molecular formula is C16H13BrO4. The predicted octanol–water partition coefficient (Wildman–Crippen LogP) is 4.59. The highest BCUT2D eigenvalue weighted by molar-refractivity contribution is 9.10. The summed E-state index contributed by atoms with van der Waals surface area (Å²) < 4.78 is 17.3. The number of halogens is 1. The van der Waals surface area contributed by atoms with Crippen LogP contribution < -0.4 is 9.47 Å². The van der Waals surface area contributed by atoms with E-state index < -0.39 is 0 Å². The van der Waals surface area contributed by atoms with Gasteiger partial charge in [-0.05, 0) is 36.4 Å². The Bertz CT molecular complexity index is 807. The summed E-state index contributed by atoms with van der Waals surface area (Å²) in [6, 6.07) is 10.8. The Morgan fingerprint density at radius 3 is 2.48 bits per heavy atom. The second-order valence-corrected chi connectivity index (χ2v) is 5.44. The van der Waals surface area contributed by atoms with Crippen molar-refractivity contribution < 1.29 is 19.0 Å². The van der Waals surface area contributed by atoms with E-state index in [9.17, 15) is 5.11 Å². The normalized spacial score (nSPS) is 10.8. The molecule has 0 atom stereocenters. The zero-order valence-electron chi connectivity index (χ0n) is 11.5. The van der Waals surface area contributed by atoms with Crippen molar-refractivity contribution in [3.8, 4) is 28.6 Å². The van der Waals surface area contributed by atoms with Crippen molar-refractivity contribution in [2.24, 2.45) is 0 Å². The number of methoxy groups -OCH3 is 2. The van der Waals surface area contributed by atoms with Gasteiger partial charge in [0.1, 0.15) is 5.76 Å². The molecule has 1 aromatic heterocycles. The number of fused-ring (bicyclic) bond motifs is 1. The molecule has 21 heavy (non-hydrogen) atoms. The molecule has 0 aliphatic carbocycles. The Kier molecular flexibility index (Phi) is 3.51. The van der Waals surface area contributed by atoms with Gasteiger partial charge < -0.3 is 19.0 Å². The lowest BCUT2D eigenvalue weighted by Crippen LogP contribution is -1.84. The number of hydrogen-bond donors (Lipinski definition) is 1. The van der Waals surface area contributed by atoms with E-state index in [4.69, 9.17) is 13.9 Å². The van der Waals surface area contributed by atoms with Gasteiger partial charge in [-0.1, -0.05) is 15.9 Å². The number of phenols is 1. The molecule has 3 aromatic rings. The zero-order chi connectivity index (χ0) is 15.0. The fourth-order valence-electron chi connectivity index (χ4n) is 2.21. The summed E-state index contributed by atoms with van der Waals surface area (Å²) in [6.45, 7) is 0. The molecule has 0 aliphatic rings. The van der Waals surface area contributed by atoms with Crippen LogP contribution in [0.4, 0.5) is 0 Å². The Morgan fingerprint density at radius 2 is 1.76 bits per heavy atom. The van der Waals surface area contributed by atoms with Gasteiger partial charge in [-0.2, -0.15) is 0 Å². The molecule has 1 heterocycles. The second-order valence-electron chi connectivity index (χ2n) is 4.52. The maximum Gasteiger partial charge on any atom is 0.176 e. The standard InChI is InChI=1S/C16H13BrO4/c1-19-14-6-9(3-4-12(14)18)13-7-10-5-11(17)8-15(20-2)16(10)21-13/h3-8,18H,1-2H3. The van der Waals surface area contributed by atoms with E-state index in [0.717, 1.165) is 15.4 Å². The summed E-state index contributed by atoms with van der Waals surface area (Å²) in [5.41, 5.74) is 1.50. The molecule has 2 aromatic carbocycles. The first-order chi connectivity index (χ1) is 10.1. The number of hydrogen-bond acceptors (Lipinski definition) is 4. The highest BCUT2D eigenvalue weighted by Crippen LogP contribution is 2.38. The fourth-order valence-corrected chi connectivity index (χ4v) is 2.67. The molecule has 1 N–H and O–H groups in total.